The van der Waals surface area contributed by atoms with Crippen LogP contribution in [0.1, 0.15) is 93.6 Å². The highest BCUT2D eigenvalue weighted by Gasteiger charge is 2.28. The Morgan fingerprint density at radius 1 is 1.12 bits per heavy atom. The Balaban J connectivity index is 1.53. The summed E-state index contributed by atoms with van der Waals surface area (Å²) >= 11 is 0. The van der Waals surface area contributed by atoms with Crippen LogP contribution in [0.25, 0.3) is 5.65 Å². The number of pyridine rings is 1. The van der Waals surface area contributed by atoms with Crippen LogP contribution in [0.5, 0.6) is 0 Å². The molecule has 2 saturated carbocycles. The van der Waals surface area contributed by atoms with Crippen molar-refractivity contribution < 1.29 is 14.7 Å². The zero-order valence-corrected chi connectivity index (χ0v) is 19.1. The van der Waals surface area contributed by atoms with Crippen LogP contribution in [0.4, 0.5) is 5.82 Å². The Hall–Kier alpha value is -2.57. The average molecular weight is 441 g/mol. The lowest BCUT2D eigenvalue weighted by atomic mass is 9.82. The first kappa shape index (κ1) is 22.6. The number of aliphatic carboxylic acids is 1. The molecule has 0 saturated heterocycles. The number of nitrogens with one attached hydrogen (secondary N) is 2. The molecule has 1 atom stereocenters. The standard InChI is InChI=1S/C25H36N4O3/c1-2-20-24(26-19-11-7-4-8-12-19)29-14-13-18(15-22(29)27-20)25(32)28-21(16-23(30)31)17-9-5-3-6-10-17/h13-15,17,19,21,26H,2-12,16H2,1H3,(H,28,32)(H,30,31). The lowest BCUT2D eigenvalue weighted by molar-refractivity contribution is -0.137. The number of anilines is 1. The first-order chi connectivity index (χ1) is 15.5. The van der Waals surface area contributed by atoms with Crippen molar-refractivity contribution in [1.29, 1.82) is 0 Å². The van der Waals surface area contributed by atoms with Gasteiger partial charge in [0.2, 0.25) is 0 Å². The van der Waals surface area contributed by atoms with Gasteiger partial charge in [-0.2, -0.15) is 0 Å². The average Bonchev–Trinajstić information content (AvgIpc) is 3.16. The Bertz CT molecular complexity index is 942. The first-order valence-corrected chi connectivity index (χ1v) is 12.3. The van der Waals surface area contributed by atoms with Gasteiger partial charge in [0, 0.05) is 23.8 Å². The number of carbonyl (C=O) groups excluding carboxylic acids is 1. The summed E-state index contributed by atoms with van der Waals surface area (Å²) in [6.07, 6.45) is 14.3. The maximum absolute atomic E-state index is 13.0. The molecular formula is C25H36N4O3. The van der Waals surface area contributed by atoms with Gasteiger partial charge in [-0.05, 0) is 50.2 Å². The third-order valence-electron chi connectivity index (χ3n) is 7.17. The minimum absolute atomic E-state index is 0.0303. The van der Waals surface area contributed by atoms with E-state index in [1.54, 1.807) is 0 Å². The van der Waals surface area contributed by atoms with Gasteiger partial charge in [0.1, 0.15) is 11.5 Å². The van der Waals surface area contributed by atoms with Crippen molar-refractivity contribution in [2.45, 2.75) is 96.1 Å². The van der Waals surface area contributed by atoms with Gasteiger partial charge in [-0.1, -0.05) is 45.4 Å². The molecule has 1 unspecified atom stereocenters. The molecule has 3 N–H and O–H groups in total. The molecule has 0 bridgehead atoms. The fourth-order valence-electron chi connectivity index (χ4n) is 5.39. The SMILES string of the molecule is CCc1nc2cc(C(=O)NC(CC(=O)O)C3CCCCC3)ccn2c1NC1CCCCC1. The van der Waals surface area contributed by atoms with Crippen LogP contribution in [0.15, 0.2) is 18.3 Å². The number of carboxylic acid groups (broad SMARTS) is 1. The molecular weight excluding hydrogens is 404 g/mol. The largest absolute Gasteiger partial charge is 0.481 e. The number of carboxylic acids is 1. The number of aromatic nitrogens is 2. The highest BCUT2D eigenvalue weighted by molar-refractivity contribution is 5.95. The second-order valence-electron chi connectivity index (χ2n) is 9.46. The molecule has 0 spiro atoms. The summed E-state index contributed by atoms with van der Waals surface area (Å²) in [6.45, 7) is 2.10. The first-order valence-electron chi connectivity index (χ1n) is 12.3. The number of aryl methyl sites for hydroxylation is 1. The number of amides is 1. The van der Waals surface area contributed by atoms with Gasteiger partial charge in [0.15, 0.2) is 0 Å². The van der Waals surface area contributed by atoms with Gasteiger partial charge in [-0.3, -0.25) is 14.0 Å². The molecule has 2 heterocycles. The molecule has 2 aliphatic carbocycles. The van der Waals surface area contributed by atoms with E-state index in [1.807, 2.05) is 22.7 Å². The Morgan fingerprint density at radius 2 is 1.81 bits per heavy atom. The number of fused-ring (bicyclic) bond motifs is 1. The molecule has 4 rings (SSSR count). The summed E-state index contributed by atoms with van der Waals surface area (Å²) in [5.74, 6) is 0.187. The summed E-state index contributed by atoms with van der Waals surface area (Å²) in [6, 6.07) is 3.78. The zero-order valence-electron chi connectivity index (χ0n) is 19.1. The van der Waals surface area contributed by atoms with Gasteiger partial charge < -0.3 is 15.7 Å². The third kappa shape index (κ3) is 5.25. The third-order valence-corrected chi connectivity index (χ3v) is 7.17. The lowest BCUT2D eigenvalue weighted by Crippen LogP contribution is -2.42. The molecule has 0 radical (unpaired) electrons. The van der Waals surface area contributed by atoms with E-state index in [1.165, 1.54) is 38.5 Å². The number of imidazole rings is 1. The molecule has 32 heavy (non-hydrogen) atoms. The number of nitrogens with zero attached hydrogens (tertiary/aromatic N) is 2. The molecule has 7 nitrogen and oxygen atoms in total. The molecule has 2 aliphatic rings. The minimum atomic E-state index is -0.865. The van der Waals surface area contributed by atoms with E-state index < -0.39 is 5.97 Å². The van der Waals surface area contributed by atoms with Gasteiger partial charge in [-0.15, -0.1) is 0 Å². The van der Waals surface area contributed by atoms with Gasteiger partial charge in [0.25, 0.3) is 5.91 Å². The fraction of sp³-hybridized carbons (Fsp3) is 0.640. The van der Waals surface area contributed by atoms with Crippen LogP contribution in [-0.2, 0) is 11.2 Å². The molecule has 1 amide bonds. The summed E-state index contributed by atoms with van der Waals surface area (Å²) in [4.78, 5) is 29.2. The lowest BCUT2D eigenvalue weighted by Gasteiger charge is -2.30. The molecule has 7 heteroatoms. The highest BCUT2D eigenvalue weighted by Crippen LogP contribution is 2.29. The van der Waals surface area contributed by atoms with Crippen LogP contribution in [0.3, 0.4) is 0 Å². The minimum Gasteiger partial charge on any atom is -0.481 e. The molecule has 0 aromatic carbocycles. The summed E-state index contributed by atoms with van der Waals surface area (Å²) in [7, 11) is 0. The number of hydrogen-bond acceptors (Lipinski definition) is 4. The Labute approximate surface area is 190 Å². The van der Waals surface area contributed by atoms with Gasteiger partial charge in [0.05, 0.1) is 12.1 Å². The van der Waals surface area contributed by atoms with Crippen molar-refractivity contribution in [2.24, 2.45) is 5.92 Å². The van der Waals surface area contributed by atoms with E-state index in [4.69, 9.17) is 4.98 Å². The van der Waals surface area contributed by atoms with Gasteiger partial charge in [-0.25, -0.2) is 4.98 Å². The number of carbonyl (C=O) groups is 2. The van der Waals surface area contributed by atoms with Crippen LogP contribution >= 0.6 is 0 Å². The van der Waals surface area contributed by atoms with E-state index in [9.17, 15) is 14.7 Å². The maximum Gasteiger partial charge on any atom is 0.305 e. The number of hydrogen-bond donors (Lipinski definition) is 3. The predicted molar refractivity (Wildman–Crippen MR) is 125 cm³/mol. The van der Waals surface area contributed by atoms with Crippen molar-refractivity contribution >= 4 is 23.3 Å². The summed E-state index contributed by atoms with van der Waals surface area (Å²) in [5.41, 5.74) is 2.29. The quantitative estimate of drug-likeness (QED) is 0.548. The van der Waals surface area contributed by atoms with Crippen LogP contribution in [0, 0.1) is 5.92 Å². The fourth-order valence-corrected chi connectivity index (χ4v) is 5.39. The number of rotatable bonds is 8. The van der Waals surface area contributed by atoms with Crippen LogP contribution < -0.4 is 10.6 Å². The van der Waals surface area contributed by atoms with E-state index in [0.717, 1.165) is 49.3 Å². The molecule has 2 fully saturated rings. The highest BCUT2D eigenvalue weighted by atomic mass is 16.4. The van der Waals surface area contributed by atoms with Crippen molar-refractivity contribution in [3.05, 3.63) is 29.6 Å². The van der Waals surface area contributed by atoms with Crippen LogP contribution in [-0.4, -0.2) is 38.5 Å². The van der Waals surface area contributed by atoms with Gasteiger partial charge >= 0.3 is 5.97 Å². The molecule has 2 aromatic heterocycles. The van der Waals surface area contributed by atoms with Crippen molar-refractivity contribution in [3.8, 4) is 0 Å². The van der Waals surface area contributed by atoms with E-state index in [2.05, 4.69) is 17.6 Å². The summed E-state index contributed by atoms with van der Waals surface area (Å²) < 4.78 is 2.04. The second-order valence-corrected chi connectivity index (χ2v) is 9.46. The topological polar surface area (TPSA) is 95.7 Å². The van der Waals surface area contributed by atoms with E-state index >= 15 is 0 Å². The predicted octanol–water partition coefficient (Wildman–Crippen LogP) is 4.79. The van der Waals surface area contributed by atoms with Crippen molar-refractivity contribution in [1.82, 2.24) is 14.7 Å². The maximum atomic E-state index is 13.0. The van der Waals surface area contributed by atoms with Crippen molar-refractivity contribution in [3.63, 3.8) is 0 Å². The summed E-state index contributed by atoms with van der Waals surface area (Å²) in [5, 5.41) is 16.1. The van der Waals surface area contributed by atoms with Crippen LogP contribution in [0.2, 0.25) is 0 Å². The monoisotopic (exact) mass is 440 g/mol. The van der Waals surface area contributed by atoms with E-state index in [-0.39, 0.29) is 24.3 Å². The van der Waals surface area contributed by atoms with E-state index in [0.29, 0.717) is 11.6 Å². The Morgan fingerprint density at radius 3 is 2.47 bits per heavy atom. The van der Waals surface area contributed by atoms with Crippen molar-refractivity contribution in [2.75, 3.05) is 5.32 Å². The smallest absolute Gasteiger partial charge is 0.305 e. The molecule has 174 valence electrons. The Kier molecular flexibility index (Phi) is 7.33. The normalized spacial score (nSPS) is 19.0. The molecule has 2 aromatic rings. The second kappa shape index (κ2) is 10.4. The molecule has 0 aliphatic heterocycles. The zero-order chi connectivity index (χ0) is 22.5.